The Bertz CT molecular complexity index is 1650. The molecule has 1 saturated carbocycles. The van der Waals surface area contributed by atoms with E-state index >= 15 is 4.39 Å². The average Bonchev–Trinajstić information content (AvgIpc) is 3.77. The first kappa shape index (κ1) is 26.6. The molecule has 0 unspecified atom stereocenters. The minimum absolute atomic E-state index is 0.0327. The summed E-state index contributed by atoms with van der Waals surface area (Å²) in [5, 5.41) is 9.04. The van der Waals surface area contributed by atoms with Crippen molar-refractivity contribution in [2.75, 3.05) is 17.7 Å². The third-order valence-electron chi connectivity index (χ3n) is 6.74. The number of hydrogen-bond donors (Lipinski definition) is 3. The van der Waals surface area contributed by atoms with E-state index in [9.17, 15) is 9.59 Å². The summed E-state index contributed by atoms with van der Waals surface area (Å²) in [5.41, 5.74) is 2.82. The van der Waals surface area contributed by atoms with Crippen LogP contribution in [-0.2, 0) is 9.59 Å². The number of aromatic nitrogens is 2. The van der Waals surface area contributed by atoms with Crippen LogP contribution in [0.1, 0.15) is 24.1 Å². The van der Waals surface area contributed by atoms with Crippen LogP contribution >= 0.6 is 0 Å². The smallest absolute Gasteiger partial charge is 0.240 e. The zero-order valence-corrected chi connectivity index (χ0v) is 22.1. The van der Waals surface area contributed by atoms with Crippen molar-refractivity contribution in [1.82, 2.24) is 15.3 Å². The number of carbonyl (C=O) groups excluding carboxylic acids is 2. The van der Waals surface area contributed by atoms with Crippen molar-refractivity contribution in [1.29, 1.82) is 0 Å². The Kier molecular flexibility index (Phi) is 7.29. The summed E-state index contributed by atoms with van der Waals surface area (Å²) in [7, 11) is 1.79. The molecule has 40 heavy (non-hydrogen) atoms. The monoisotopic (exact) mass is 537 g/mol. The second-order valence-corrected chi connectivity index (χ2v) is 9.59. The summed E-state index contributed by atoms with van der Waals surface area (Å²) in [5.74, 6) is -1.18. The van der Waals surface area contributed by atoms with Crippen LogP contribution in [0.25, 0.3) is 16.5 Å². The van der Waals surface area contributed by atoms with Gasteiger partial charge in [0.15, 0.2) is 11.6 Å². The number of benzene rings is 2. The molecule has 8 nitrogen and oxygen atoms in total. The average molecular weight is 538 g/mol. The van der Waals surface area contributed by atoms with Crippen LogP contribution in [0, 0.1) is 18.2 Å². The zero-order chi connectivity index (χ0) is 28.3. The number of pyridine rings is 2. The van der Waals surface area contributed by atoms with Gasteiger partial charge in [0.25, 0.3) is 0 Å². The molecule has 2 amide bonds. The number of halogens is 1. The summed E-state index contributed by atoms with van der Waals surface area (Å²) in [6.45, 7) is 5.76. The van der Waals surface area contributed by atoms with E-state index in [0.717, 1.165) is 11.1 Å². The maximum atomic E-state index is 15.1. The van der Waals surface area contributed by atoms with E-state index in [0.29, 0.717) is 40.9 Å². The number of nitrogens with zero attached hydrogens (tertiary/aromatic N) is 2. The van der Waals surface area contributed by atoms with Crippen LogP contribution in [0.3, 0.4) is 0 Å². The van der Waals surface area contributed by atoms with Crippen molar-refractivity contribution in [2.45, 2.75) is 19.8 Å². The van der Waals surface area contributed by atoms with Crippen molar-refractivity contribution in [3.05, 3.63) is 103 Å². The van der Waals surface area contributed by atoms with Crippen LogP contribution in [0.2, 0.25) is 0 Å². The molecular formula is C31H28FN5O3. The molecule has 5 rings (SSSR count). The molecule has 1 aliphatic carbocycles. The highest BCUT2D eigenvalue weighted by Gasteiger charge is 2.56. The lowest BCUT2D eigenvalue weighted by Gasteiger charge is -2.16. The highest BCUT2D eigenvalue weighted by Crippen LogP contribution is 2.47. The number of amides is 2. The predicted molar refractivity (Wildman–Crippen MR) is 153 cm³/mol. The maximum Gasteiger partial charge on any atom is 0.240 e. The van der Waals surface area contributed by atoms with Crippen LogP contribution in [0.5, 0.6) is 11.5 Å². The Balaban J connectivity index is 1.29. The fourth-order valence-electron chi connectivity index (χ4n) is 4.26. The predicted octanol–water partition coefficient (Wildman–Crippen LogP) is 5.97. The van der Waals surface area contributed by atoms with Crippen LogP contribution in [0.4, 0.5) is 15.8 Å². The molecule has 0 radical (unpaired) electrons. The van der Waals surface area contributed by atoms with E-state index in [-0.39, 0.29) is 17.3 Å². The Hall–Kier alpha value is -5.05. The van der Waals surface area contributed by atoms with Crippen molar-refractivity contribution >= 4 is 39.7 Å². The first-order chi connectivity index (χ1) is 19.3. The van der Waals surface area contributed by atoms with Gasteiger partial charge in [0, 0.05) is 48.7 Å². The van der Waals surface area contributed by atoms with E-state index in [2.05, 4.69) is 32.5 Å². The Morgan fingerprint density at radius 3 is 2.33 bits per heavy atom. The summed E-state index contributed by atoms with van der Waals surface area (Å²) >= 11 is 0. The quantitative estimate of drug-likeness (QED) is 0.179. The molecule has 0 atom stereocenters. The van der Waals surface area contributed by atoms with Gasteiger partial charge in [-0.1, -0.05) is 30.4 Å². The second-order valence-electron chi connectivity index (χ2n) is 9.59. The molecule has 9 heteroatoms. The lowest BCUT2D eigenvalue weighted by atomic mass is 10.0. The molecule has 3 N–H and O–H groups in total. The van der Waals surface area contributed by atoms with Gasteiger partial charge in [0.1, 0.15) is 11.2 Å². The van der Waals surface area contributed by atoms with Gasteiger partial charge < -0.3 is 20.7 Å². The van der Waals surface area contributed by atoms with Crippen molar-refractivity contribution < 1.29 is 18.7 Å². The maximum absolute atomic E-state index is 15.1. The minimum atomic E-state index is -1.17. The highest BCUT2D eigenvalue weighted by molar-refractivity contribution is 6.16. The standard InChI is InChI=1S/C31H28FN5O3/c1-4-20(17-33-3)25-16-26-23(18-35-25)27(11-14-34-26)40-28-10-9-22(15-24(28)32)37-30(39)31(12-13-31)29(38)36-21-7-5-19(2)6-8-21/h4-11,14-18,33H,1,12-13H2,2-3H3,(H,36,38)(H,37,39)/b20-17+. The SMILES string of the molecule is C=C/C(=C\NC)c1cc2nccc(Oc3ccc(NC(=O)C4(C(=O)Nc5ccc(C)cc5)CC4)cc3F)c2cn1. The van der Waals surface area contributed by atoms with Crippen molar-refractivity contribution in [2.24, 2.45) is 5.41 Å². The van der Waals surface area contributed by atoms with Gasteiger partial charge in [0.05, 0.1) is 16.6 Å². The number of rotatable bonds is 9. The molecule has 1 aliphatic rings. The molecule has 0 aliphatic heterocycles. The number of nitrogens with one attached hydrogen (secondary N) is 3. The fourth-order valence-corrected chi connectivity index (χ4v) is 4.26. The van der Waals surface area contributed by atoms with Crippen molar-refractivity contribution in [3.8, 4) is 11.5 Å². The van der Waals surface area contributed by atoms with E-state index in [4.69, 9.17) is 4.74 Å². The van der Waals surface area contributed by atoms with Crippen LogP contribution in [-0.4, -0.2) is 28.8 Å². The molecule has 0 bridgehead atoms. The second kappa shape index (κ2) is 11.0. The molecule has 1 fully saturated rings. The Morgan fingerprint density at radius 1 is 0.975 bits per heavy atom. The van der Waals surface area contributed by atoms with Gasteiger partial charge >= 0.3 is 0 Å². The zero-order valence-electron chi connectivity index (χ0n) is 22.1. The molecule has 2 aromatic heterocycles. The third kappa shape index (κ3) is 5.40. The number of aryl methyl sites for hydroxylation is 1. The summed E-state index contributed by atoms with van der Waals surface area (Å²) in [6, 6.07) is 14.9. The van der Waals surface area contributed by atoms with Gasteiger partial charge in [-0.05, 0) is 56.2 Å². The number of ether oxygens (including phenoxy) is 1. The largest absolute Gasteiger partial charge is 0.453 e. The van der Waals surface area contributed by atoms with Gasteiger partial charge in [-0.2, -0.15) is 0 Å². The van der Waals surface area contributed by atoms with E-state index in [1.807, 2.05) is 19.1 Å². The van der Waals surface area contributed by atoms with Gasteiger partial charge in [-0.3, -0.25) is 19.6 Å². The van der Waals surface area contributed by atoms with E-state index in [1.165, 1.54) is 18.2 Å². The first-order valence-corrected chi connectivity index (χ1v) is 12.7. The number of carbonyl (C=O) groups is 2. The Labute approximate surface area is 231 Å². The third-order valence-corrected chi connectivity index (χ3v) is 6.74. The van der Waals surface area contributed by atoms with Gasteiger partial charge in [-0.25, -0.2) is 4.39 Å². The summed E-state index contributed by atoms with van der Waals surface area (Å²) in [4.78, 5) is 34.7. The molecule has 2 aromatic carbocycles. The molecule has 0 saturated heterocycles. The number of fused-ring (bicyclic) bond motifs is 1. The molecule has 4 aromatic rings. The van der Waals surface area contributed by atoms with E-state index < -0.39 is 17.1 Å². The number of hydrogen-bond acceptors (Lipinski definition) is 6. The van der Waals surface area contributed by atoms with Crippen LogP contribution < -0.4 is 20.7 Å². The summed E-state index contributed by atoms with van der Waals surface area (Å²) in [6.07, 6.45) is 7.48. The summed E-state index contributed by atoms with van der Waals surface area (Å²) < 4.78 is 20.9. The molecule has 0 spiro atoms. The normalized spacial score (nSPS) is 13.8. The molecule has 2 heterocycles. The lowest BCUT2D eigenvalue weighted by Crippen LogP contribution is -2.35. The molecular weight excluding hydrogens is 509 g/mol. The van der Waals surface area contributed by atoms with Crippen LogP contribution in [0.15, 0.2) is 85.8 Å². The minimum Gasteiger partial charge on any atom is -0.453 e. The van der Waals surface area contributed by atoms with Gasteiger partial charge in [0.2, 0.25) is 11.8 Å². The molecule has 202 valence electrons. The number of anilines is 2. The lowest BCUT2D eigenvalue weighted by molar-refractivity contribution is -0.131. The topological polar surface area (TPSA) is 105 Å². The first-order valence-electron chi connectivity index (χ1n) is 12.7. The highest BCUT2D eigenvalue weighted by atomic mass is 19.1. The fraction of sp³-hybridized carbons (Fsp3) is 0.161. The Morgan fingerprint density at radius 2 is 1.68 bits per heavy atom. The van der Waals surface area contributed by atoms with Crippen molar-refractivity contribution in [3.63, 3.8) is 0 Å². The van der Waals surface area contributed by atoms with Gasteiger partial charge in [-0.15, -0.1) is 0 Å². The van der Waals surface area contributed by atoms with E-state index in [1.54, 1.807) is 56.0 Å². The number of allylic oxidation sites excluding steroid dienone is 2.